The third-order valence-electron chi connectivity index (χ3n) is 6.27. The van der Waals surface area contributed by atoms with E-state index in [0.29, 0.717) is 12.8 Å². The van der Waals surface area contributed by atoms with Crippen molar-refractivity contribution in [1.29, 1.82) is 0 Å². The first kappa shape index (κ1) is 29.5. The molecule has 0 spiro atoms. The summed E-state index contributed by atoms with van der Waals surface area (Å²) >= 11 is 0. The highest BCUT2D eigenvalue weighted by atomic mass is 31.2. The van der Waals surface area contributed by atoms with Gasteiger partial charge in [-0.1, -0.05) is 32.0 Å². The van der Waals surface area contributed by atoms with E-state index in [1.54, 1.807) is 50.4 Å². The molecule has 0 unspecified atom stereocenters. The third-order valence-corrected chi connectivity index (χ3v) is 7.82. The van der Waals surface area contributed by atoms with Gasteiger partial charge in [0.15, 0.2) is 11.2 Å². The quantitative estimate of drug-likeness (QED) is 0.174. The van der Waals surface area contributed by atoms with Crippen LogP contribution < -0.4 is 20.9 Å². The number of nitrogen functional groups attached to an aromatic ring is 1. The molecule has 3 atom stereocenters. The van der Waals surface area contributed by atoms with E-state index in [4.69, 9.17) is 19.5 Å². The number of imidazole rings is 1. The van der Waals surface area contributed by atoms with Gasteiger partial charge in [0, 0.05) is 11.6 Å². The first-order valence-electron chi connectivity index (χ1n) is 13.0. The Morgan fingerprint density at radius 1 is 1.30 bits per heavy atom. The fourth-order valence-electron chi connectivity index (χ4n) is 4.15. The van der Waals surface area contributed by atoms with Gasteiger partial charge in [-0.2, -0.15) is 10.1 Å². The summed E-state index contributed by atoms with van der Waals surface area (Å²) in [6.45, 7) is 6.84. The molecule has 0 radical (unpaired) electrons. The Bertz CT molecular complexity index is 1490. The first-order chi connectivity index (χ1) is 18.9. The molecule has 216 valence electrons. The molecule has 3 aromatic rings. The molecule has 0 bridgehead atoms. The molecule has 1 aliphatic rings. The smallest absolute Gasteiger partial charge is 0.459 e. The average molecular weight is 575 g/mol. The molecule has 0 saturated heterocycles. The van der Waals surface area contributed by atoms with Crippen molar-refractivity contribution < 1.29 is 28.3 Å². The number of ether oxygens (including phenoxy) is 1. The maximum Gasteiger partial charge on any atom is 0.459 e. The molecule has 13 nitrogen and oxygen atoms in total. The lowest BCUT2D eigenvalue weighted by atomic mass is 10.0. The monoisotopic (exact) mass is 574 g/mol. The van der Waals surface area contributed by atoms with E-state index in [0.717, 1.165) is 5.57 Å². The van der Waals surface area contributed by atoms with Crippen LogP contribution in [0.25, 0.3) is 17.4 Å². The molecule has 4 rings (SSSR count). The molecule has 0 aliphatic heterocycles. The summed E-state index contributed by atoms with van der Waals surface area (Å²) in [4.78, 5) is 35.6. The Balaban J connectivity index is 1.58. The van der Waals surface area contributed by atoms with Crippen LogP contribution in [-0.4, -0.2) is 56.0 Å². The molecular weight excluding hydrogens is 539 g/mol. The maximum absolute atomic E-state index is 14.1. The highest BCUT2D eigenvalue weighted by Gasteiger charge is 2.51. The van der Waals surface area contributed by atoms with E-state index >= 15 is 0 Å². The van der Waals surface area contributed by atoms with Crippen LogP contribution in [0.1, 0.15) is 40.5 Å². The zero-order valence-corrected chi connectivity index (χ0v) is 23.8. The predicted octanol–water partition coefficient (Wildman–Crippen LogP) is 3.08. The second-order valence-corrected chi connectivity index (χ2v) is 12.2. The van der Waals surface area contributed by atoms with Gasteiger partial charge < -0.3 is 20.1 Å². The molecule has 1 fully saturated rings. The standard InChI is InChI=1S/C26H35N6O7P/c1-16(2)10-20(24(35)38-17(3)4)31-40(36,39-19-8-6-5-7-9-19)37-14-26(13-33)11-18(26)12-32-15-28-21-22(32)29-25(27)30-23(21)34/h5-9,12,15-17,20,33H,10-11,13-14H2,1-4H3,(H,31,36)(H3,27,29,30,34)/b18-12-/t20-,26-,40-/m0/s1. The van der Waals surface area contributed by atoms with Gasteiger partial charge in [0.1, 0.15) is 18.1 Å². The maximum atomic E-state index is 14.1. The Hall–Kier alpha value is -3.51. The number of rotatable bonds is 13. The number of fused-ring (bicyclic) bond motifs is 1. The Morgan fingerprint density at radius 2 is 2.02 bits per heavy atom. The van der Waals surface area contributed by atoms with Crippen molar-refractivity contribution in [3.63, 3.8) is 0 Å². The number of carbonyl (C=O) groups is 1. The molecule has 40 heavy (non-hydrogen) atoms. The van der Waals surface area contributed by atoms with Crippen molar-refractivity contribution in [3.8, 4) is 5.75 Å². The summed E-state index contributed by atoms with van der Waals surface area (Å²) in [5.41, 5.74) is 5.47. The molecule has 1 saturated carbocycles. The molecule has 2 aromatic heterocycles. The summed E-state index contributed by atoms with van der Waals surface area (Å²) in [5.74, 6) is -0.268. The number of anilines is 1. The van der Waals surface area contributed by atoms with Gasteiger partial charge in [0.05, 0.1) is 19.3 Å². The molecule has 2 heterocycles. The van der Waals surface area contributed by atoms with Crippen LogP contribution in [-0.2, 0) is 18.6 Å². The number of aromatic amines is 1. The summed E-state index contributed by atoms with van der Waals surface area (Å²) in [5, 5.41) is 13.1. The van der Waals surface area contributed by atoms with Crippen LogP contribution in [0.4, 0.5) is 5.95 Å². The van der Waals surface area contributed by atoms with Gasteiger partial charge in [-0.25, -0.2) is 9.55 Å². The normalized spacial score (nSPS) is 20.1. The largest absolute Gasteiger partial charge is 0.462 e. The Kier molecular flexibility index (Phi) is 8.79. The second kappa shape index (κ2) is 11.9. The second-order valence-electron chi connectivity index (χ2n) is 10.5. The third kappa shape index (κ3) is 6.97. The molecule has 14 heteroatoms. The van der Waals surface area contributed by atoms with Crippen molar-refractivity contribution in [3.05, 3.63) is 52.6 Å². The van der Waals surface area contributed by atoms with Crippen LogP contribution in [0.5, 0.6) is 5.75 Å². The number of aliphatic hydroxyl groups is 1. The number of esters is 1. The number of hydrogen-bond acceptors (Lipinski definition) is 10. The van der Waals surface area contributed by atoms with Gasteiger partial charge in [0.25, 0.3) is 5.56 Å². The zero-order chi connectivity index (χ0) is 29.1. The van der Waals surface area contributed by atoms with Gasteiger partial charge in [0.2, 0.25) is 5.95 Å². The minimum atomic E-state index is -4.15. The SMILES string of the molecule is CC(C)C[C@H](N[P@](=O)(OC[C@@]1(CO)C/C1=C/n1cnc2c(=O)[nH]c(N)nc21)Oc1ccccc1)C(=O)OC(C)C. The number of nitrogens with two attached hydrogens (primary N) is 1. The molecule has 0 amide bonds. The van der Waals surface area contributed by atoms with Gasteiger partial charge in [-0.3, -0.25) is 23.7 Å². The van der Waals surface area contributed by atoms with E-state index in [1.165, 1.54) is 10.9 Å². The molecular formula is C26H35N6O7P. The van der Waals surface area contributed by atoms with Crippen molar-refractivity contribution in [2.75, 3.05) is 18.9 Å². The number of nitrogens with zero attached hydrogens (tertiary/aromatic N) is 3. The van der Waals surface area contributed by atoms with Crippen LogP contribution in [0.3, 0.4) is 0 Å². The number of nitrogens with one attached hydrogen (secondary N) is 2. The van der Waals surface area contributed by atoms with E-state index in [1.807, 2.05) is 13.8 Å². The number of H-pyrrole nitrogens is 1. The highest BCUT2D eigenvalue weighted by molar-refractivity contribution is 7.52. The number of para-hydroxylation sites is 1. The van der Waals surface area contributed by atoms with Crippen molar-refractivity contribution in [2.45, 2.75) is 52.7 Å². The summed E-state index contributed by atoms with van der Waals surface area (Å²) < 4.78 is 32.7. The van der Waals surface area contributed by atoms with E-state index < -0.39 is 30.7 Å². The molecule has 1 aromatic carbocycles. The number of aromatic nitrogens is 4. The fraction of sp³-hybridized carbons (Fsp3) is 0.462. The predicted molar refractivity (Wildman–Crippen MR) is 149 cm³/mol. The van der Waals surface area contributed by atoms with Crippen LogP contribution >= 0.6 is 7.75 Å². The Morgan fingerprint density at radius 3 is 2.67 bits per heavy atom. The zero-order valence-electron chi connectivity index (χ0n) is 22.9. The van der Waals surface area contributed by atoms with Crippen LogP contribution in [0.15, 0.2) is 47.0 Å². The van der Waals surface area contributed by atoms with Gasteiger partial charge in [-0.05, 0) is 50.3 Å². The summed E-state index contributed by atoms with van der Waals surface area (Å²) in [6, 6.07) is 7.51. The topological polar surface area (TPSA) is 184 Å². The number of hydrogen-bond donors (Lipinski definition) is 4. The van der Waals surface area contributed by atoms with E-state index in [9.17, 15) is 19.3 Å². The Labute approximate surface area is 231 Å². The molecule has 5 N–H and O–H groups in total. The van der Waals surface area contributed by atoms with E-state index in [-0.39, 0.29) is 48.1 Å². The summed E-state index contributed by atoms with van der Waals surface area (Å²) in [7, 11) is -4.15. The minimum absolute atomic E-state index is 0.0535. The van der Waals surface area contributed by atoms with Crippen molar-refractivity contribution in [1.82, 2.24) is 24.6 Å². The number of aliphatic hydroxyl groups excluding tert-OH is 1. The van der Waals surface area contributed by atoms with E-state index in [2.05, 4.69) is 20.0 Å². The lowest BCUT2D eigenvalue weighted by Crippen LogP contribution is -2.40. The van der Waals surface area contributed by atoms with Gasteiger partial charge >= 0.3 is 13.7 Å². The van der Waals surface area contributed by atoms with Crippen molar-refractivity contribution in [2.24, 2.45) is 11.3 Å². The fourth-order valence-corrected chi connectivity index (χ4v) is 5.74. The average Bonchev–Trinajstić information content (AvgIpc) is 3.43. The lowest BCUT2D eigenvalue weighted by Gasteiger charge is -2.27. The minimum Gasteiger partial charge on any atom is -0.462 e. The van der Waals surface area contributed by atoms with Crippen LogP contribution in [0.2, 0.25) is 0 Å². The number of carbonyl (C=O) groups excluding carboxylic acids is 1. The first-order valence-corrected chi connectivity index (χ1v) is 14.5. The number of benzene rings is 1. The lowest BCUT2D eigenvalue weighted by molar-refractivity contribution is -0.150. The highest BCUT2D eigenvalue weighted by Crippen LogP contribution is 2.56. The van der Waals surface area contributed by atoms with Crippen molar-refractivity contribution >= 4 is 37.0 Å². The van der Waals surface area contributed by atoms with Crippen LogP contribution in [0, 0.1) is 11.3 Å². The molecule has 1 aliphatic carbocycles. The van der Waals surface area contributed by atoms with Gasteiger partial charge in [-0.15, -0.1) is 0 Å². The summed E-state index contributed by atoms with van der Waals surface area (Å²) in [6.07, 6.45) is 3.48.